The van der Waals surface area contributed by atoms with Gasteiger partial charge in [-0.15, -0.1) is 12.4 Å². The van der Waals surface area contributed by atoms with Gasteiger partial charge in [0.25, 0.3) is 5.91 Å². The van der Waals surface area contributed by atoms with E-state index in [1.165, 1.54) is 18.1 Å². The van der Waals surface area contributed by atoms with Gasteiger partial charge in [-0.3, -0.25) is 9.59 Å². The summed E-state index contributed by atoms with van der Waals surface area (Å²) in [6.07, 6.45) is 4.04. The van der Waals surface area contributed by atoms with Crippen LogP contribution in [0.5, 0.6) is 11.5 Å². The number of aryl methyl sites for hydroxylation is 1. The quantitative estimate of drug-likeness (QED) is 0.302. The molecule has 2 aromatic heterocycles. The van der Waals surface area contributed by atoms with E-state index in [0.717, 1.165) is 33.8 Å². The summed E-state index contributed by atoms with van der Waals surface area (Å²) in [5.41, 5.74) is 12.8. The number of benzene rings is 1. The van der Waals surface area contributed by atoms with E-state index in [1.807, 2.05) is 12.1 Å². The van der Waals surface area contributed by atoms with Gasteiger partial charge in [-0.2, -0.15) is 0 Å². The van der Waals surface area contributed by atoms with Crippen LogP contribution in [0.4, 0.5) is 5.82 Å². The summed E-state index contributed by atoms with van der Waals surface area (Å²) in [7, 11) is 0. The van der Waals surface area contributed by atoms with Crippen LogP contribution >= 0.6 is 40.1 Å². The second kappa shape index (κ2) is 13.9. The van der Waals surface area contributed by atoms with Gasteiger partial charge >= 0.3 is 5.97 Å². The Morgan fingerprint density at radius 1 is 1.22 bits per heavy atom. The number of amides is 1. The Balaban J connectivity index is 0.00000387. The Hall–Kier alpha value is -2.81. The summed E-state index contributed by atoms with van der Waals surface area (Å²) in [6.45, 7) is 4.18. The minimum atomic E-state index is -0.792. The standard InChI is InChI=1S/C26H32BrN7O5S.ClH/c1-15(39-21(35)3-2-7-28)25(36)33-8-4-16(5-9-33)6-10-34-24-22(23(29)30-13-31-24)32-26(34)40-20-12-19-18(11-17(20)27)37-14-38-19;/h11-13,15-16H,2-10,14,28H2,1H3,(H2,29,30,31);1H/t15-;/m0./s1. The highest BCUT2D eigenvalue weighted by atomic mass is 79.9. The molecule has 1 saturated heterocycles. The minimum Gasteiger partial charge on any atom is -0.454 e. The smallest absolute Gasteiger partial charge is 0.306 e. The maximum atomic E-state index is 12.8. The van der Waals surface area contributed by atoms with Crippen molar-refractivity contribution in [2.45, 2.75) is 61.7 Å². The number of piperidine rings is 1. The van der Waals surface area contributed by atoms with Gasteiger partial charge in [0.15, 0.2) is 39.7 Å². The van der Waals surface area contributed by atoms with Crippen LogP contribution in [0.3, 0.4) is 0 Å². The molecule has 15 heteroatoms. The number of nitrogen functional groups attached to an aromatic ring is 1. The number of likely N-dealkylation sites (tertiary alicyclic amines) is 1. The molecule has 41 heavy (non-hydrogen) atoms. The number of aromatic nitrogens is 4. The molecule has 1 atom stereocenters. The first-order valence-electron chi connectivity index (χ1n) is 13.3. The molecular weight excluding hydrogens is 638 g/mol. The van der Waals surface area contributed by atoms with E-state index < -0.39 is 6.10 Å². The fourth-order valence-electron chi connectivity index (χ4n) is 4.85. The molecule has 1 amide bonds. The summed E-state index contributed by atoms with van der Waals surface area (Å²) in [5.74, 6) is 1.59. The van der Waals surface area contributed by atoms with Crippen molar-refractivity contribution in [2.75, 3.05) is 32.2 Å². The number of hydrogen-bond donors (Lipinski definition) is 2. The molecule has 0 spiro atoms. The number of nitrogens with two attached hydrogens (primary N) is 2. The lowest BCUT2D eigenvalue weighted by Crippen LogP contribution is -2.44. The van der Waals surface area contributed by atoms with E-state index in [0.29, 0.717) is 67.0 Å². The molecule has 0 radical (unpaired) electrons. The zero-order chi connectivity index (χ0) is 28.2. The summed E-state index contributed by atoms with van der Waals surface area (Å²) >= 11 is 5.12. The van der Waals surface area contributed by atoms with E-state index in [9.17, 15) is 9.59 Å². The maximum Gasteiger partial charge on any atom is 0.306 e. The van der Waals surface area contributed by atoms with Crippen molar-refractivity contribution in [3.8, 4) is 11.5 Å². The lowest BCUT2D eigenvalue weighted by Gasteiger charge is -2.33. The van der Waals surface area contributed by atoms with Crippen molar-refractivity contribution in [1.82, 2.24) is 24.4 Å². The van der Waals surface area contributed by atoms with Crippen LogP contribution in [0.25, 0.3) is 11.2 Å². The molecule has 2 aliphatic heterocycles. The van der Waals surface area contributed by atoms with Crippen LogP contribution in [0.15, 0.2) is 33.0 Å². The Morgan fingerprint density at radius 2 is 1.95 bits per heavy atom. The first-order valence-corrected chi connectivity index (χ1v) is 14.9. The highest BCUT2D eigenvalue weighted by Gasteiger charge is 2.28. The SMILES string of the molecule is C[C@H](OC(=O)CCCN)C(=O)N1CCC(CCn2c(Sc3cc4c(cc3Br)OCO4)nc3c(N)ncnc32)CC1.Cl. The highest BCUT2D eigenvalue weighted by molar-refractivity contribution is 9.10. The Kier molecular flexibility index (Phi) is 10.6. The van der Waals surface area contributed by atoms with Crippen molar-refractivity contribution in [3.63, 3.8) is 0 Å². The number of halogens is 2. The van der Waals surface area contributed by atoms with Crippen molar-refractivity contribution >= 4 is 69.0 Å². The second-order valence-electron chi connectivity index (χ2n) is 9.80. The number of carbonyl (C=O) groups excluding carboxylic acids is 2. The zero-order valence-electron chi connectivity index (χ0n) is 22.6. The van der Waals surface area contributed by atoms with Gasteiger partial charge < -0.3 is 35.1 Å². The third-order valence-corrected chi connectivity index (χ3v) is 9.05. The van der Waals surface area contributed by atoms with Gasteiger partial charge in [0.1, 0.15) is 6.33 Å². The van der Waals surface area contributed by atoms with Crippen molar-refractivity contribution in [2.24, 2.45) is 11.7 Å². The molecule has 4 heterocycles. The Morgan fingerprint density at radius 3 is 2.68 bits per heavy atom. The van der Waals surface area contributed by atoms with E-state index in [2.05, 4.69) is 30.5 Å². The van der Waals surface area contributed by atoms with E-state index in [4.69, 9.17) is 30.7 Å². The van der Waals surface area contributed by atoms with E-state index in [-0.39, 0.29) is 37.5 Å². The minimum absolute atomic E-state index is 0. The van der Waals surface area contributed by atoms with Gasteiger partial charge in [-0.05, 0) is 73.1 Å². The lowest BCUT2D eigenvalue weighted by molar-refractivity contribution is -0.159. The van der Waals surface area contributed by atoms with Gasteiger partial charge in [-0.25, -0.2) is 15.0 Å². The number of esters is 1. The van der Waals surface area contributed by atoms with Gasteiger partial charge in [0.05, 0.1) is 0 Å². The number of ether oxygens (including phenoxy) is 3. The number of nitrogens with zero attached hydrogens (tertiary/aromatic N) is 5. The van der Waals surface area contributed by atoms with Gasteiger partial charge in [0, 0.05) is 35.4 Å². The van der Waals surface area contributed by atoms with Crippen LogP contribution in [-0.4, -0.2) is 68.8 Å². The number of imidazole rings is 1. The van der Waals surface area contributed by atoms with Crippen molar-refractivity contribution in [3.05, 3.63) is 22.9 Å². The van der Waals surface area contributed by atoms with Crippen LogP contribution in [0.1, 0.15) is 39.0 Å². The number of carbonyl (C=O) groups is 2. The molecule has 1 aromatic carbocycles. The topological polar surface area (TPSA) is 161 Å². The largest absolute Gasteiger partial charge is 0.454 e. The molecule has 0 aliphatic carbocycles. The number of anilines is 1. The van der Waals surface area contributed by atoms with Crippen molar-refractivity contribution < 1.29 is 23.8 Å². The van der Waals surface area contributed by atoms with Crippen LogP contribution in [-0.2, 0) is 20.9 Å². The molecule has 0 unspecified atom stereocenters. The summed E-state index contributed by atoms with van der Waals surface area (Å²) in [4.78, 5) is 40.8. The third-order valence-electron chi connectivity index (χ3n) is 7.08. The summed E-state index contributed by atoms with van der Waals surface area (Å²) in [6, 6.07) is 3.82. The lowest BCUT2D eigenvalue weighted by atomic mass is 9.93. The summed E-state index contributed by atoms with van der Waals surface area (Å²) in [5, 5.41) is 0.750. The number of fused-ring (bicyclic) bond motifs is 2. The molecule has 12 nitrogen and oxygen atoms in total. The maximum absolute atomic E-state index is 12.8. The summed E-state index contributed by atoms with van der Waals surface area (Å²) < 4.78 is 19.3. The van der Waals surface area contributed by atoms with E-state index in [1.54, 1.807) is 11.8 Å². The van der Waals surface area contributed by atoms with Gasteiger partial charge in [0.2, 0.25) is 6.79 Å². The molecule has 4 N–H and O–H groups in total. The highest BCUT2D eigenvalue weighted by Crippen LogP contribution is 2.43. The first-order chi connectivity index (χ1) is 19.3. The third kappa shape index (κ3) is 7.16. The second-order valence-corrected chi connectivity index (χ2v) is 11.7. The van der Waals surface area contributed by atoms with E-state index >= 15 is 0 Å². The number of hydrogen-bond acceptors (Lipinski definition) is 11. The first kappa shape index (κ1) is 31.1. The molecular formula is C26H33BrClN7O5S. The predicted molar refractivity (Wildman–Crippen MR) is 159 cm³/mol. The zero-order valence-corrected chi connectivity index (χ0v) is 25.8. The fourth-order valence-corrected chi connectivity index (χ4v) is 6.36. The number of rotatable bonds is 10. The monoisotopic (exact) mass is 669 g/mol. The molecule has 1 fully saturated rings. The van der Waals surface area contributed by atoms with Crippen LogP contribution < -0.4 is 20.9 Å². The molecule has 0 saturated carbocycles. The predicted octanol–water partition coefficient (Wildman–Crippen LogP) is 3.77. The average molecular weight is 671 g/mol. The molecule has 2 aliphatic rings. The fraction of sp³-hybridized carbons (Fsp3) is 0.500. The molecule has 3 aromatic rings. The average Bonchev–Trinajstić information content (AvgIpc) is 3.55. The van der Waals surface area contributed by atoms with Gasteiger partial charge in [-0.1, -0.05) is 11.8 Å². The Labute approximate surface area is 256 Å². The van der Waals surface area contributed by atoms with Crippen LogP contribution in [0.2, 0.25) is 0 Å². The normalized spacial score (nSPS) is 15.5. The van der Waals surface area contributed by atoms with Crippen molar-refractivity contribution in [1.29, 1.82) is 0 Å². The molecule has 222 valence electrons. The molecule has 5 rings (SSSR count). The van der Waals surface area contributed by atoms with Crippen LogP contribution in [0, 0.1) is 5.92 Å². The Bertz CT molecular complexity index is 1400. The molecule has 0 bridgehead atoms.